The first-order chi connectivity index (χ1) is 8.53. The summed E-state index contributed by atoms with van der Waals surface area (Å²) in [6.45, 7) is 4.14. The molecule has 3 N–H and O–H groups in total. The number of ether oxygens (including phenoxy) is 1. The van der Waals surface area contributed by atoms with Crippen LogP contribution in [-0.2, 0) is 4.79 Å². The molecular formula is C13H19ClN2O2. The summed E-state index contributed by atoms with van der Waals surface area (Å²) in [6, 6.07) is 3.48. The van der Waals surface area contributed by atoms with Crippen molar-refractivity contribution >= 4 is 23.2 Å². The van der Waals surface area contributed by atoms with Crippen molar-refractivity contribution in [3.63, 3.8) is 0 Å². The van der Waals surface area contributed by atoms with E-state index in [2.05, 4.69) is 5.32 Å². The largest absolute Gasteiger partial charge is 0.495 e. The standard InChI is InChI=1S/C13H19ClN2O2/c1-4-9(7-15)13(17)16-11-5-8(2)10(14)6-12(11)18-3/h5-6,9H,4,7,15H2,1-3H3,(H,16,17). The van der Waals surface area contributed by atoms with Crippen molar-refractivity contribution < 1.29 is 9.53 Å². The van der Waals surface area contributed by atoms with Gasteiger partial charge in [0.15, 0.2) is 0 Å². The van der Waals surface area contributed by atoms with Gasteiger partial charge in [-0.15, -0.1) is 0 Å². The number of aryl methyl sites for hydroxylation is 1. The number of nitrogens with two attached hydrogens (primary N) is 1. The molecule has 0 aliphatic carbocycles. The third-order valence-electron chi connectivity index (χ3n) is 2.89. The molecule has 5 heteroatoms. The van der Waals surface area contributed by atoms with Crippen LogP contribution < -0.4 is 15.8 Å². The Hall–Kier alpha value is -1.26. The summed E-state index contributed by atoms with van der Waals surface area (Å²) in [5.74, 6) is 0.261. The van der Waals surface area contributed by atoms with Crippen LogP contribution in [-0.4, -0.2) is 19.6 Å². The van der Waals surface area contributed by atoms with E-state index in [-0.39, 0.29) is 11.8 Å². The lowest BCUT2D eigenvalue weighted by Crippen LogP contribution is -2.28. The fraction of sp³-hybridized carbons (Fsp3) is 0.462. The monoisotopic (exact) mass is 270 g/mol. The van der Waals surface area contributed by atoms with Crippen LogP contribution in [0, 0.1) is 12.8 Å². The molecule has 4 nitrogen and oxygen atoms in total. The van der Waals surface area contributed by atoms with Crippen LogP contribution in [0.1, 0.15) is 18.9 Å². The third kappa shape index (κ3) is 3.37. The maximum atomic E-state index is 12.0. The minimum absolute atomic E-state index is 0.0972. The van der Waals surface area contributed by atoms with Gasteiger partial charge in [-0.1, -0.05) is 18.5 Å². The topological polar surface area (TPSA) is 64.4 Å². The molecule has 0 saturated carbocycles. The molecule has 0 aliphatic rings. The third-order valence-corrected chi connectivity index (χ3v) is 3.29. The normalized spacial score (nSPS) is 12.1. The predicted molar refractivity (Wildman–Crippen MR) is 74.2 cm³/mol. The van der Waals surface area contributed by atoms with Crippen LogP contribution in [0.15, 0.2) is 12.1 Å². The van der Waals surface area contributed by atoms with Crippen LogP contribution in [0.25, 0.3) is 0 Å². The second kappa shape index (κ2) is 6.61. The molecule has 1 aromatic rings. The second-order valence-corrected chi connectivity index (χ2v) is 4.54. The Morgan fingerprint density at radius 1 is 1.56 bits per heavy atom. The minimum Gasteiger partial charge on any atom is -0.495 e. The summed E-state index contributed by atoms with van der Waals surface area (Å²) in [7, 11) is 1.54. The van der Waals surface area contributed by atoms with Crippen LogP contribution in [0.2, 0.25) is 5.02 Å². The van der Waals surface area contributed by atoms with Crippen molar-refractivity contribution in [1.82, 2.24) is 0 Å². The van der Waals surface area contributed by atoms with Gasteiger partial charge in [-0.05, 0) is 25.0 Å². The zero-order valence-corrected chi connectivity index (χ0v) is 11.7. The van der Waals surface area contributed by atoms with Gasteiger partial charge in [0.05, 0.1) is 18.7 Å². The fourth-order valence-corrected chi connectivity index (χ4v) is 1.78. The summed E-state index contributed by atoms with van der Waals surface area (Å²) in [5, 5.41) is 3.44. The van der Waals surface area contributed by atoms with Gasteiger partial charge >= 0.3 is 0 Å². The molecule has 0 radical (unpaired) electrons. The quantitative estimate of drug-likeness (QED) is 0.864. The van der Waals surface area contributed by atoms with Gasteiger partial charge in [0.2, 0.25) is 5.91 Å². The van der Waals surface area contributed by atoms with Crippen LogP contribution in [0.4, 0.5) is 5.69 Å². The first kappa shape index (κ1) is 14.8. The Kier molecular flexibility index (Phi) is 5.44. The van der Waals surface area contributed by atoms with Gasteiger partial charge in [-0.2, -0.15) is 0 Å². The van der Waals surface area contributed by atoms with Crippen molar-refractivity contribution in [2.24, 2.45) is 11.7 Å². The van der Waals surface area contributed by atoms with Gasteiger partial charge in [0, 0.05) is 17.6 Å². The number of methoxy groups -OCH3 is 1. The predicted octanol–water partition coefficient (Wildman–Crippen LogP) is 2.58. The molecule has 1 amide bonds. The van der Waals surface area contributed by atoms with Gasteiger partial charge < -0.3 is 15.8 Å². The summed E-state index contributed by atoms with van der Waals surface area (Å²) in [4.78, 5) is 12.0. The van der Waals surface area contributed by atoms with E-state index in [1.807, 2.05) is 13.8 Å². The number of hydrogen-bond donors (Lipinski definition) is 2. The van der Waals surface area contributed by atoms with Gasteiger partial charge in [-0.25, -0.2) is 0 Å². The lowest BCUT2D eigenvalue weighted by atomic mass is 10.1. The molecule has 0 saturated heterocycles. The number of benzene rings is 1. The molecule has 0 fully saturated rings. The Bertz CT molecular complexity index is 431. The average Bonchev–Trinajstić information content (AvgIpc) is 2.35. The highest BCUT2D eigenvalue weighted by Crippen LogP contribution is 2.31. The molecule has 0 aromatic heterocycles. The number of carbonyl (C=O) groups excluding carboxylic acids is 1. The van der Waals surface area contributed by atoms with E-state index in [0.29, 0.717) is 29.4 Å². The molecule has 18 heavy (non-hydrogen) atoms. The highest BCUT2D eigenvalue weighted by atomic mass is 35.5. The average molecular weight is 271 g/mol. The van der Waals surface area contributed by atoms with Crippen LogP contribution in [0.3, 0.4) is 0 Å². The first-order valence-corrected chi connectivity index (χ1v) is 6.26. The Morgan fingerprint density at radius 2 is 2.22 bits per heavy atom. The molecule has 1 atom stereocenters. The minimum atomic E-state index is -0.189. The number of rotatable bonds is 5. The second-order valence-electron chi connectivity index (χ2n) is 4.13. The number of carbonyl (C=O) groups is 1. The SMILES string of the molecule is CCC(CN)C(=O)Nc1cc(C)c(Cl)cc1OC. The molecule has 0 heterocycles. The van der Waals surface area contributed by atoms with Gasteiger partial charge in [0.25, 0.3) is 0 Å². The molecule has 1 rings (SSSR count). The molecule has 0 aliphatic heterocycles. The van der Waals surface area contributed by atoms with E-state index in [4.69, 9.17) is 22.1 Å². The number of nitrogens with one attached hydrogen (secondary N) is 1. The van der Waals surface area contributed by atoms with Gasteiger partial charge in [-0.3, -0.25) is 4.79 Å². The molecular weight excluding hydrogens is 252 g/mol. The molecule has 0 bridgehead atoms. The number of amides is 1. The molecule has 1 unspecified atom stereocenters. The zero-order valence-electron chi connectivity index (χ0n) is 10.9. The number of halogens is 1. The van der Waals surface area contributed by atoms with Crippen LogP contribution in [0.5, 0.6) is 5.75 Å². The van der Waals surface area contributed by atoms with E-state index in [1.165, 1.54) is 7.11 Å². The van der Waals surface area contributed by atoms with Crippen molar-refractivity contribution in [2.75, 3.05) is 19.0 Å². The van der Waals surface area contributed by atoms with E-state index < -0.39 is 0 Å². The lowest BCUT2D eigenvalue weighted by molar-refractivity contribution is -0.119. The lowest BCUT2D eigenvalue weighted by Gasteiger charge is -2.16. The highest BCUT2D eigenvalue weighted by Gasteiger charge is 2.17. The van der Waals surface area contributed by atoms with Crippen molar-refractivity contribution in [1.29, 1.82) is 0 Å². The zero-order chi connectivity index (χ0) is 13.7. The molecule has 0 spiro atoms. The van der Waals surface area contributed by atoms with Gasteiger partial charge in [0.1, 0.15) is 5.75 Å². The highest BCUT2D eigenvalue weighted by molar-refractivity contribution is 6.31. The molecule has 100 valence electrons. The van der Waals surface area contributed by atoms with E-state index >= 15 is 0 Å². The smallest absolute Gasteiger partial charge is 0.228 e. The van der Waals surface area contributed by atoms with Crippen molar-refractivity contribution in [3.05, 3.63) is 22.7 Å². The Labute approximate surface area is 112 Å². The summed E-state index contributed by atoms with van der Waals surface area (Å²) in [5.41, 5.74) is 7.05. The van der Waals surface area contributed by atoms with Crippen LogP contribution >= 0.6 is 11.6 Å². The van der Waals surface area contributed by atoms with E-state index in [0.717, 1.165) is 5.56 Å². The Balaban J connectivity index is 2.96. The van der Waals surface area contributed by atoms with E-state index in [9.17, 15) is 4.79 Å². The van der Waals surface area contributed by atoms with Crippen molar-refractivity contribution in [3.8, 4) is 5.75 Å². The number of anilines is 1. The maximum absolute atomic E-state index is 12.0. The first-order valence-electron chi connectivity index (χ1n) is 5.88. The molecule has 1 aromatic carbocycles. The summed E-state index contributed by atoms with van der Waals surface area (Å²) >= 11 is 6.01. The number of hydrogen-bond acceptors (Lipinski definition) is 3. The summed E-state index contributed by atoms with van der Waals surface area (Å²) < 4.78 is 5.20. The van der Waals surface area contributed by atoms with E-state index in [1.54, 1.807) is 12.1 Å². The summed E-state index contributed by atoms with van der Waals surface area (Å²) in [6.07, 6.45) is 0.706. The maximum Gasteiger partial charge on any atom is 0.228 e. The van der Waals surface area contributed by atoms with Crippen molar-refractivity contribution in [2.45, 2.75) is 20.3 Å². The Morgan fingerprint density at radius 3 is 2.72 bits per heavy atom. The fourth-order valence-electron chi connectivity index (χ4n) is 1.62.